The quantitative estimate of drug-likeness (QED) is 0.0126. The van der Waals surface area contributed by atoms with Gasteiger partial charge in [0.05, 0.1) is 27.8 Å². The van der Waals surface area contributed by atoms with E-state index in [0.717, 1.165) is 101 Å². The lowest BCUT2D eigenvalue weighted by Gasteiger charge is -2.34. The average Bonchev–Trinajstić information content (AvgIpc) is 0.806. The van der Waals surface area contributed by atoms with Crippen LogP contribution in [0, 0.1) is 31.9 Å². The molecule has 7 rings (SSSR count). The number of aldehydes is 1. The van der Waals surface area contributed by atoms with Crippen LogP contribution in [0.2, 0.25) is 115 Å². The van der Waals surface area contributed by atoms with E-state index in [1.807, 2.05) is 73.9 Å². The fourth-order valence-electron chi connectivity index (χ4n) is 11.6. The van der Waals surface area contributed by atoms with Gasteiger partial charge in [-0.2, -0.15) is 0 Å². The highest BCUT2D eigenvalue weighted by molar-refractivity contribution is 7.99. The smallest absolute Gasteiger partial charge is 0.233 e. The van der Waals surface area contributed by atoms with E-state index in [2.05, 4.69) is 62.3 Å². The third kappa shape index (κ3) is 36.1. The molecule has 0 heterocycles. The van der Waals surface area contributed by atoms with Crippen molar-refractivity contribution in [1.29, 1.82) is 0 Å². The second-order valence-electron chi connectivity index (χ2n) is 25.0. The highest BCUT2D eigenvalue weighted by Gasteiger charge is 2.38. The molecule has 0 saturated heterocycles. The van der Waals surface area contributed by atoms with E-state index in [0.29, 0.717) is 99.0 Å². The highest BCUT2D eigenvalue weighted by atomic mass is 35.5. The fourth-order valence-corrected chi connectivity index (χ4v) is 27.7. The molecule has 0 aliphatic carbocycles. The number of aryl methyl sites for hydroxylation is 1. The molecule has 35 heteroatoms. The van der Waals surface area contributed by atoms with Crippen molar-refractivity contribution < 1.29 is 41.8 Å². The first kappa shape index (κ1) is 110. The first-order valence-electron chi connectivity index (χ1n) is 35.6. The Kier molecular flexibility index (Phi) is 55.0. The SMILES string of the molecule is C.CC[Si](CC)(CC)OC(CCCc1cc(F)cc(F)c1)c1c(Cl)cc(SC)cc1Cl.CC[Si](CC)(CC)OC(CN)c1c(Cl)cc(SC)cc1Cl.CC[Si](CC)(CC)OC(C[N+](=O)[O-])c1c(Cl)cc(SC)cc1Cl.CSc1cc(Cl)c(C(O)C[N+](=O)[O-])c(Cl)c1.CSc1cc(Cl)c(C=O)c(Cl)c1.CSc1cc(Cl)cc(Cl)c1. The standard InChI is InChI=1S/C23H30Cl2F2OSSi.C15H23Cl2NO3SSi.C15H25Cl2NOSSi.C9H9Cl2NO3S.C8H6Cl2OS.C7H6Cl2S.CH4/c1-5-30(6-2,7-3)28-22(23-20(24)14-19(29-4)15-21(23)25)10-8-9-16-11-17(26)13-18(27)12-16;1-5-23(6-2,7-3)21-14(10-18(19)20)15-12(16)8-11(22-4)9-13(15)17;1-5-21(6-2,7-3)19-14(10-18)15-12(16)8-11(20-4)9-13(15)17;1-16-5-2-6(10)9(7(11)3-5)8(13)4-12(14)15;1-12-5-2-7(9)6(4-11)8(10)3-5;1-10-7-3-5(8)2-6(9)4-7;/h11-15,22H,5-10H2,1-4H3;8-9,14H,5-7,10H2,1-4H3;8-9,14H,5-7,10,18H2,1-4H3;2-3,8,13H,4H2,1H3;2-4H,1H3;2-4H,1H3;1H4. The number of aliphatic hydroxyl groups is 1. The highest BCUT2D eigenvalue weighted by Crippen LogP contribution is 2.45. The normalized spacial score (nSPS) is 12.3. The minimum atomic E-state index is -2.02. The molecule has 12 nitrogen and oxygen atoms in total. The van der Waals surface area contributed by atoms with Crippen LogP contribution in [0.1, 0.15) is 145 Å². The van der Waals surface area contributed by atoms with Crippen molar-refractivity contribution in [2.75, 3.05) is 57.2 Å². The van der Waals surface area contributed by atoms with Gasteiger partial charge in [0.25, 0.3) is 0 Å². The predicted molar refractivity (Wildman–Crippen MR) is 502 cm³/mol. The molecule has 0 aliphatic rings. The molecule has 4 atom stereocenters. The molecule has 0 bridgehead atoms. The number of aliphatic hydroxyl groups excluding tert-OH is 1. The van der Waals surface area contributed by atoms with Gasteiger partial charge >= 0.3 is 0 Å². The average molecular weight is 1970 g/mol. The van der Waals surface area contributed by atoms with Gasteiger partial charge in [-0.25, -0.2) is 8.78 Å². The molecule has 3 N–H and O–H groups in total. The van der Waals surface area contributed by atoms with Gasteiger partial charge in [0.15, 0.2) is 31.2 Å². The zero-order valence-electron chi connectivity index (χ0n) is 65.2. The number of carbonyl (C=O) groups excluding carboxylic acids is 1. The molecule has 0 saturated carbocycles. The zero-order chi connectivity index (χ0) is 85.0. The van der Waals surface area contributed by atoms with Gasteiger partial charge in [-0.05, 0) is 208 Å². The van der Waals surface area contributed by atoms with Crippen molar-refractivity contribution in [3.8, 4) is 0 Å². The van der Waals surface area contributed by atoms with E-state index < -0.39 is 60.3 Å². The van der Waals surface area contributed by atoms with E-state index in [-0.39, 0.29) is 46.7 Å². The van der Waals surface area contributed by atoms with E-state index in [4.69, 9.17) is 158 Å². The number of carbonyl (C=O) groups is 1. The largest absolute Gasteiger partial charge is 0.410 e. The van der Waals surface area contributed by atoms with Crippen LogP contribution in [0.5, 0.6) is 0 Å². The number of hydrogen-bond acceptors (Lipinski definition) is 16. The summed E-state index contributed by atoms with van der Waals surface area (Å²) in [5.74, 6) is -1.10. The molecule has 0 amide bonds. The number of thioether (sulfide) groups is 6. The summed E-state index contributed by atoms with van der Waals surface area (Å²) in [7, 11) is -5.70. The topological polar surface area (TPSA) is 177 Å². The lowest BCUT2D eigenvalue weighted by atomic mass is 10.0. The maximum absolute atomic E-state index is 13.5. The number of halogens is 14. The molecular weight excluding hydrogens is 1860 g/mol. The van der Waals surface area contributed by atoms with Crippen molar-refractivity contribution in [3.05, 3.63) is 223 Å². The second-order valence-corrected chi connectivity index (χ2v) is 49.3. The van der Waals surface area contributed by atoms with Crippen molar-refractivity contribution in [1.82, 2.24) is 0 Å². The Morgan fingerprint density at radius 1 is 0.416 bits per heavy atom. The van der Waals surface area contributed by atoms with Crippen LogP contribution in [0.3, 0.4) is 0 Å². The Hall–Kier alpha value is -1.10. The van der Waals surface area contributed by atoms with Crippen LogP contribution in [0.25, 0.3) is 0 Å². The molecule has 113 heavy (non-hydrogen) atoms. The van der Waals surface area contributed by atoms with Gasteiger partial charge in [-0.3, -0.25) is 25.0 Å². The number of nitro groups is 2. The Labute approximate surface area is 757 Å². The predicted octanol–water partition coefficient (Wildman–Crippen LogP) is 31.8. The van der Waals surface area contributed by atoms with Crippen LogP contribution < -0.4 is 5.73 Å². The van der Waals surface area contributed by atoms with E-state index in [1.165, 1.54) is 47.4 Å². The molecule has 0 radical (unpaired) electrons. The third-order valence-electron chi connectivity index (χ3n) is 18.6. The lowest BCUT2D eigenvalue weighted by Crippen LogP contribution is -2.39. The maximum atomic E-state index is 13.5. The Balaban J connectivity index is 0.000000700. The molecule has 0 spiro atoms. The third-order valence-corrected chi connectivity index (χ3v) is 40.4. The van der Waals surface area contributed by atoms with E-state index >= 15 is 0 Å². The van der Waals surface area contributed by atoms with Gasteiger partial charge in [-0.1, -0.05) is 209 Å². The number of nitrogens with two attached hydrogens (primary N) is 1. The summed E-state index contributed by atoms with van der Waals surface area (Å²) in [6.45, 7) is 18.9. The Morgan fingerprint density at radius 3 is 0.965 bits per heavy atom. The molecular formula is C78H103Cl12F2N3O9S6Si3. The molecule has 7 aromatic rings. The van der Waals surface area contributed by atoms with Gasteiger partial charge in [0.2, 0.25) is 13.1 Å². The van der Waals surface area contributed by atoms with Crippen molar-refractivity contribution in [2.24, 2.45) is 5.73 Å². The van der Waals surface area contributed by atoms with E-state index in [9.17, 15) is 38.9 Å². The lowest BCUT2D eigenvalue weighted by molar-refractivity contribution is -0.491. The minimum Gasteiger partial charge on any atom is -0.410 e. The molecule has 7 aromatic carbocycles. The number of rotatable bonds is 35. The molecule has 4 unspecified atom stereocenters. The molecule has 0 aromatic heterocycles. The second kappa shape index (κ2) is 56.6. The Morgan fingerprint density at radius 2 is 0.681 bits per heavy atom. The summed E-state index contributed by atoms with van der Waals surface area (Å²) in [6, 6.07) is 36.2. The van der Waals surface area contributed by atoms with Gasteiger partial charge in [0.1, 0.15) is 23.8 Å². The van der Waals surface area contributed by atoms with Crippen LogP contribution in [-0.4, -0.2) is 103 Å². The first-order chi connectivity index (χ1) is 52.9. The first-order valence-corrected chi connectivity index (χ1v) is 55.1. The zero-order valence-corrected chi connectivity index (χ0v) is 82.1. The van der Waals surface area contributed by atoms with Gasteiger partial charge < -0.3 is 24.1 Å². The van der Waals surface area contributed by atoms with Crippen molar-refractivity contribution >= 4 is 241 Å². The van der Waals surface area contributed by atoms with E-state index in [1.54, 1.807) is 77.8 Å². The minimum absolute atomic E-state index is 0. The fraction of sp³-hybridized carbons (Fsp3) is 0.449. The summed E-state index contributed by atoms with van der Waals surface area (Å²) in [6.07, 6.45) is 11.9. The number of benzene rings is 7. The molecule has 0 fully saturated rings. The summed E-state index contributed by atoms with van der Waals surface area (Å²) >= 11 is 83.1. The van der Waals surface area contributed by atoms with Crippen molar-refractivity contribution in [3.63, 3.8) is 0 Å². The molecule has 630 valence electrons. The van der Waals surface area contributed by atoms with Crippen LogP contribution >= 0.6 is 210 Å². The van der Waals surface area contributed by atoms with Crippen LogP contribution in [0.15, 0.2) is 126 Å². The summed E-state index contributed by atoms with van der Waals surface area (Å²) in [5, 5.41) is 37.1. The maximum Gasteiger partial charge on any atom is 0.233 e. The monoisotopic (exact) mass is 1960 g/mol. The summed E-state index contributed by atoms with van der Waals surface area (Å²) < 4.78 is 46.7. The van der Waals surface area contributed by atoms with Crippen LogP contribution in [0.4, 0.5) is 8.78 Å². The number of nitrogens with zero attached hydrogens (tertiary/aromatic N) is 2. The van der Waals surface area contributed by atoms with Gasteiger partial charge in [-0.15, -0.1) is 70.6 Å². The van der Waals surface area contributed by atoms with Crippen LogP contribution in [-0.2, 0) is 19.7 Å². The van der Waals surface area contributed by atoms with Gasteiger partial charge in [0, 0.05) is 124 Å². The van der Waals surface area contributed by atoms with Crippen molar-refractivity contribution in [2.45, 2.75) is 197 Å². The Bertz CT molecular complexity index is 3960. The summed E-state index contributed by atoms with van der Waals surface area (Å²) in [5.41, 5.74) is 9.37. The molecule has 0 aliphatic heterocycles. The summed E-state index contributed by atoms with van der Waals surface area (Å²) in [4.78, 5) is 36.8. The number of hydrogen-bond donors (Lipinski definition) is 2.